The van der Waals surface area contributed by atoms with Gasteiger partial charge >= 0.3 is 12.3 Å². The van der Waals surface area contributed by atoms with Crippen molar-refractivity contribution in [2.75, 3.05) is 6.61 Å². The van der Waals surface area contributed by atoms with Crippen LogP contribution >= 0.6 is 11.8 Å². The van der Waals surface area contributed by atoms with Gasteiger partial charge in [-0.2, -0.15) is 0 Å². The van der Waals surface area contributed by atoms with Gasteiger partial charge in [-0.25, -0.2) is 4.79 Å². The minimum atomic E-state index is -4.83. The molecule has 4 rings (SSSR count). The second-order valence-corrected chi connectivity index (χ2v) is 8.97. The van der Waals surface area contributed by atoms with Crippen molar-refractivity contribution in [3.05, 3.63) is 89.7 Å². The number of pyridine rings is 1. The van der Waals surface area contributed by atoms with Crippen LogP contribution in [0.4, 0.5) is 18.0 Å². The maximum Gasteiger partial charge on any atom is 0.573 e. The third kappa shape index (κ3) is 7.46. The Morgan fingerprint density at radius 2 is 1.73 bits per heavy atom. The van der Waals surface area contributed by atoms with E-state index in [4.69, 9.17) is 9.47 Å². The Kier molecular flexibility index (Phi) is 7.97. The Hall–Kier alpha value is -4.06. The molecule has 2 unspecified atom stereocenters. The topological polar surface area (TPSA) is 104 Å². The van der Waals surface area contributed by atoms with Gasteiger partial charge in [0.2, 0.25) is 5.91 Å². The monoisotopic (exact) mass is 532 g/mol. The maximum absolute atomic E-state index is 12.6. The lowest BCUT2D eigenvalue weighted by atomic mass is 10.1. The number of carbonyl (C=O) groups is 3. The molecular weight excluding hydrogens is 513 g/mol. The molecule has 12 heteroatoms. The minimum Gasteiger partial charge on any atom is -0.489 e. The van der Waals surface area contributed by atoms with Gasteiger partial charge < -0.3 is 14.2 Å². The molecule has 0 spiro atoms. The Morgan fingerprint density at radius 3 is 2.32 bits per heavy atom. The van der Waals surface area contributed by atoms with E-state index in [1.54, 1.807) is 30.3 Å². The standard InChI is InChI=1S/C25H19F3N2O6S/c26-25(27,28)36-19-9-5-16(6-10-19)20(35-23(32)17-2-1-11-29-13-17)14-34-18-7-3-15(4-8-18)12-21-22(31)30-24(33)37-21/h1-11,13,20-21H,12,14H2,(H,30,31,33). The predicted octanol–water partition coefficient (Wildman–Crippen LogP) is 4.85. The zero-order valence-corrected chi connectivity index (χ0v) is 19.8. The molecule has 1 fully saturated rings. The van der Waals surface area contributed by atoms with E-state index < -0.39 is 29.4 Å². The zero-order valence-electron chi connectivity index (χ0n) is 18.9. The summed E-state index contributed by atoms with van der Waals surface area (Å²) >= 11 is 0.937. The highest BCUT2D eigenvalue weighted by atomic mass is 32.2. The van der Waals surface area contributed by atoms with E-state index in [0.29, 0.717) is 17.7 Å². The van der Waals surface area contributed by atoms with Crippen LogP contribution in [-0.4, -0.2) is 40.3 Å². The van der Waals surface area contributed by atoms with Crippen LogP contribution in [0.15, 0.2) is 73.1 Å². The molecule has 1 aliphatic heterocycles. The molecule has 1 aliphatic rings. The highest BCUT2D eigenvalue weighted by Gasteiger charge is 2.32. The number of esters is 1. The Morgan fingerprint density at radius 1 is 1.03 bits per heavy atom. The van der Waals surface area contributed by atoms with Gasteiger partial charge in [0.25, 0.3) is 5.24 Å². The van der Waals surface area contributed by atoms with Crippen LogP contribution in [0, 0.1) is 0 Å². The molecule has 1 N–H and O–H groups in total. The van der Waals surface area contributed by atoms with Crippen LogP contribution in [0.25, 0.3) is 0 Å². The number of alkyl halides is 3. The third-order valence-electron chi connectivity index (χ3n) is 5.14. The van der Waals surface area contributed by atoms with E-state index in [-0.39, 0.29) is 23.3 Å². The fourth-order valence-electron chi connectivity index (χ4n) is 3.40. The van der Waals surface area contributed by atoms with Gasteiger partial charge in [-0.3, -0.25) is 19.9 Å². The summed E-state index contributed by atoms with van der Waals surface area (Å²) in [6, 6.07) is 14.8. The second kappa shape index (κ2) is 11.3. The lowest BCUT2D eigenvalue weighted by Gasteiger charge is -2.20. The molecular formula is C25H19F3N2O6S. The molecule has 37 heavy (non-hydrogen) atoms. The number of benzene rings is 2. The Bertz CT molecular complexity index is 1250. The van der Waals surface area contributed by atoms with Crippen LogP contribution in [0.1, 0.15) is 27.6 Å². The summed E-state index contributed by atoms with van der Waals surface area (Å²) in [7, 11) is 0. The first-order valence-corrected chi connectivity index (χ1v) is 11.7. The Balaban J connectivity index is 1.44. The van der Waals surface area contributed by atoms with Gasteiger partial charge in [0.15, 0.2) is 6.10 Å². The lowest BCUT2D eigenvalue weighted by Crippen LogP contribution is -2.25. The maximum atomic E-state index is 12.6. The smallest absolute Gasteiger partial charge is 0.489 e. The molecule has 0 saturated carbocycles. The molecule has 8 nitrogen and oxygen atoms in total. The molecule has 2 atom stereocenters. The number of nitrogens with one attached hydrogen (secondary N) is 1. The molecule has 2 heterocycles. The number of nitrogens with zero attached hydrogens (tertiary/aromatic N) is 1. The molecule has 2 amide bonds. The van der Waals surface area contributed by atoms with E-state index in [2.05, 4.69) is 15.0 Å². The van der Waals surface area contributed by atoms with Gasteiger partial charge in [0, 0.05) is 12.4 Å². The number of imide groups is 1. The van der Waals surface area contributed by atoms with E-state index in [1.165, 1.54) is 30.6 Å². The summed E-state index contributed by atoms with van der Waals surface area (Å²) in [5, 5.41) is 1.36. The SMILES string of the molecule is O=C1NC(=O)C(Cc2ccc(OCC(OC(=O)c3cccnc3)c3ccc(OC(F)(F)F)cc3)cc2)S1. The van der Waals surface area contributed by atoms with Crippen LogP contribution < -0.4 is 14.8 Å². The largest absolute Gasteiger partial charge is 0.573 e. The highest BCUT2D eigenvalue weighted by Crippen LogP contribution is 2.28. The van der Waals surface area contributed by atoms with Crippen molar-refractivity contribution >= 4 is 28.9 Å². The molecule has 1 saturated heterocycles. The number of hydrogen-bond donors (Lipinski definition) is 1. The van der Waals surface area contributed by atoms with Gasteiger partial charge in [-0.1, -0.05) is 36.0 Å². The predicted molar refractivity (Wildman–Crippen MR) is 126 cm³/mol. The van der Waals surface area contributed by atoms with Crippen LogP contribution in [0.5, 0.6) is 11.5 Å². The van der Waals surface area contributed by atoms with E-state index in [9.17, 15) is 27.6 Å². The molecule has 3 aromatic rings. The number of aromatic nitrogens is 1. The fraction of sp³-hybridized carbons (Fsp3) is 0.200. The van der Waals surface area contributed by atoms with Crippen molar-refractivity contribution < 1.29 is 41.8 Å². The fourth-order valence-corrected chi connectivity index (χ4v) is 4.26. The first-order valence-electron chi connectivity index (χ1n) is 10.9. The van der Waals surface area contributed by atoms with Crippen molar-refractivity contribution in [2.24, 2.45) is 0 Å². The molecule has 1 aromatic heterocycles. The molecule has 0 aliphatic carbocycles. The van der Waals surface area contributed by atoms with E-state index in [1.807, 2.05) is 0 Å². The highest BCUT2D eigenvalue weighted by molar-refractivity contribution is 8.15. The third-order valence-corrected chi connectivity index (χ3v) is 6.13. The summed E-state index contributed by atoms with van der Waals surface area (Å²) in [5.74, 6) is -1.00. The van der Waals surface area contributed by atoms with Gasteiger partial charge in [0.1, 0.15) is 18.1 Å². The molecule has 192 valence electrons. The normalized spacial score (nSPS) is 16.1. The van der Waals surface area contributed by atoms with E-state index in [0.717, 1.165) is 29.5 Å². The van der Waals surface area contributed by atoms with Crippen LogP contribution in [0.3, 0.4) is 0 Å². The van der Waals surface area contributed by atoms with Gasteiger partial charge in [-0.15, -0.1) is 13.2 Å². The number of carbonyl (C=O) groups excluding carboxylic acids is 3. The first kappa shape index (κ1) is 26.0. The summed E-state index contributed by atoms with van der Waals surface area (Å²) in [5.41, 5.74) is 1.40. The number of amides is 2. The number of halogens is 3. The summed E-state index contributed by atoms with van der Waals surface area (Å²) < 4.78 is 52.7. The van der Waals surface area contributed by atoms with Crippen molar-refractivity contribution in [3.8, 4) is 11.5 Å². The van der Waals surface area contributed by atoms with E-state index >= 15 is 0 Å². The van der Waals surface area contributed by atoms with Crippen molar-refractivity contribution in [2.45, 2.75) is 24.1 Å². The number of ether oxygens (including phenoxy) is 3. The van der Waals surface area contributed by atoms with Crippen molar-refractivity contribution in [1.82, 2.24) is 10.3 Å². The molecule has 2 aromatic carbocycles. The minimum absolute atomic E-state index is 0.139. The molecule has 0 radical (unpaired) electrons. The lowest BCUT2D eigenvalue weighted by molar-refractivity contribution is -0.274. The summed E-state index contributed by atoms with van der Waals surface area (Å²) in [6.45, 7) is -0.139. The second-order valence-electron chi connectivity index (χ2n) is 7.79. The average Bonchev–Trinajstić information content (AvgIpc) is 3.18. The van der Waals surface area contributed by atoms with Crippen LogP contribution in [0.2, 0.25) is 0 Å². The first-order chi connectivity index (χ1) is 17.7. The summed E-state index contributed by atoms with van der Waals surface area (Å²) in [6.07, 6.45) is -2.61. The quantitative estimate of drug-likeness (QED) is 0.390. The van der Waals surface area contributed by atoms with Crippen LogP contribution in [-0.2, 0) is 16.0 Å². The number of hydrogen-bond acceptors (Lipinski definition) is 8. The van der Waals surface area contributed by atoms with Gasteiger partial charge in [-0.05, 0) is 53.9 Å². The average molecular weight is 532 g/mol. The summed E-state index contributed by atoms with van der Waals surface area (Å²) in [4.78, 5) is 39.6. The van der Waals surface area contributed by atoms with Crippen molar-refractivity contribution in [1.29, 1.82) is 0 Å². The number of thioether (sulfide) groups is 1. The number of rotatable bonds is 9. The van der Waals surface area contributed by atoms with Crippen molar-refractivity contribution in [3.63, 3.8) is 0 Å². The Labute approximate surface area is 213 Å². The zero-order chi connectivity index (χ0) is 26.4. The molecule has 0 bridgehead atoms. The van der Waals surface area contributed by atoms with Gasteiger partial charge in [0.05, 0.1) is 10.8 Å².